The minimum absolute atomic E-state index is 0.0596. The van der Waals surface area contributed by atoms with E-state index in [1.165, 1.54) is 12.1 Å². The van der Waals surface area contributed by atoms with Crippen LogP contribution in [0.2, 0.25) is 0 Å². The van der Waals surface area contributed by atoms with Crippen molar-refractivity contribution in [2.75, 3.05) is 17.1 Å². The molecule has 0 heterocycles. The average Bonchev–Trinajstić information content (AvgIpc) is 2.39. The third-order valence-electron chi connectivity index (χ3n) is 2.39. The fourth-order valence-electron chi connectivity index (χ4n) is 1.46. The summed E-state index contributed by atoms with van der Waals surface area (Å²) in [5, 5.41) is 0. The summed E-state index contributed by atoms with van der Waals surface area (Å²) in [5.74, 6) is -1.69. The lowest BCUT2D eigenvalue weighted by Crippen LogP contribution is -2.20. The number of thiocarbonyl (C=S) groups is 1. The molecular formula is C12H15FN2O4S2. The molecule has 0 amide bonds. The van der Waals surface area contributed by atoms with Crippen LogP contribution in [0, 0.1) is 5.82 Å². The number of hydrogen-bond acceptors (Lipinski definition) is 5. The molecule has 0 radical (unpaired) electrons. The van der Waals surface area contributed by atoms with Crippen LogP contribution < -0.4 is 10.5 Å². The SMILES string of the molecule is CCOC(=O)CCS(=O)(=O)Nc1ccc(F)c(C(N)=S)c1. The summed E-state index contributed by atoms with van der Waals surface area (Å²) in [6.45, 7) is 1.81. The fourth-order valence-corrected chi connectivity index (χ4v) is 2.64. The molecule has 21 heavy (non-hydrogen) atoms. The predicted octanol–water partition coefficient (Wildman–Crippen LogP) is 1.15. The monoisotopic (exact) mass is 334 g/mol. The molecule has 116 valence electrons. The van der Waals surface area contributed by atoms with Crippen LogP contribution in [0.3, 0.4) is 0 Å². The maximum absolute atomic E-state index is 13.4. The Labute approximate surface area is 127 Å². The van der Waals surface area contributed by atoms with Gasteiger partial charge < -0.3 is 10.5 Å². The minimum atomic E-state index is -3.76. The van der Waals surface area contributed by atoms with Crippen LogP contribution in [0.25, 0.3) is 0 Å². The molecule has 0 spiro atoms. The Morgan fingerprint density at radius 3 is 2.71 bits per heavy atom. The van der Waals surface area contributed by atoms with E-state index in [1.807, 2.05) is 0 Å². The summed E-state index contributed by atoms with van der Waals surface area (Å²) in [7, 11) is -3.76. The van der Waals surface area contributed by atoms with E-state index in [0.717, 1.165) is 6.07 Å². The van der Waals surface area contributed by atoms with Crippen molar-refractivity contribution in [1.29, 1.82) is 0 Å². The van der Waals surface area contributed by atoms with Crippen molar-refractivity contribution >= 4 is 38.9 Å². The zero-order valence-corrected chi connectivity index (χ0v) is 12.9. The summed E-state index contributed by atoms with van der Waals surface area (Å²) in [4.78, 5) is 11.0. The van der Waals surface area contributed by atoms with Gasteiger partial charge in [0.05, 0.1) is 18.8 Å². The Kier molecular flexibility index (Phi) is 6.03. The average molecular weight is 334 g/mol. The number of nitrogens with one attached hydrogen (secondary N) is 1. The van der Waals surface area contributed by atoms with Crippen molar-refractivity contribution in [3.63, 3.8) is 0 Å². The summed E-state index contributed by atoms with van der Waals surface area (Å²) in [6.07, 6.45) is -0.271. The van der Waals surface area contributed by atoms with Crippen molar-refractivity contribution in [1.82, 2.24) is 0 Å². The van der Waals surface area contributed by atoms with E-state index in [9.17, 15) is 17.6 Å². The van der Waals surface area contributed by atoms with Crippen LogP contribution in [0.5, 0.6) is 0 Å². The lowest BCUT2D eigenvalue weighted by atomic mass is 10.2. The molecule has 9 heteroatoms. The molecule has 0 saturated heterocycles. The fraction of sp³-hybridized carbons (Fsp3) is 0.333. The molecule has 0 saturated carbocycles. The summed E-state index contributed by atoms with van der Waals surface area (Å²) in [6, 6.07) is 3.48. The van der Waals surface area contributed by atoms with Gasteiger partial charge >= 0.3 is 5.97 Å². The maximum Gasteiger partial charge on any atom is 0.306 e. The van der Waals surface area contributed by atoms with Crippen LogP contribution in [-0.4, -0.2) is 31.7 Å². The smallest absolute Gasteiger partial charge is 0.306 e. The molecule has 1 aromatic rings. The van der Waals surface area contributed by atoms with Crippen LogP contribution in [-0.2, 0) is 19.6 Å². The van der Waals surface area contributed by atoms with Gasteiger partial charge in [-0.05, 0) is 25.1 Å². The highest BCUT2D eigenvalue weighted by Crippen LogP contribution is 2.16. The van der Waals surface area contributed by atoms with Crippen LogP contribution in [0.4, 0.5) is 10.1 Å². The lowest BCUT2D eigenvalue weighted by Gasteiger charge is -2.09. The molecule has 0 bridgehead atoms. The molecule has 0 aliphatic rings. The van der Waals surface area contributed by atoms with Crippen molar-refractivity contribution in [3.8, 4) is 0 Å². The first-order chi connectivity index (χ1) is 9.75. The molecule has 0 aliphatic heterocycles. The summed E-state index contributed by atoms with van der Waals surface area (Å²) in [5.41, 5.74) is 5.39. The Hall–Kier alpha value is -1.74. The molecule has 0 fully saturated rings. The molecule has 6 nitrogen and oxygen atoms in total. The molecule has 0 aliphatic carbocycles. The first kappa shape index (κ1) is 17.3. The first-order valence-corrected chi connectivity index (χ1v) is 8.06. The maximum atomic E-state index is 13.4. The number of carbonyl (C=O) groups is 1. The van der Waals surface area contributed by atoms with E-state index in [1.54, 1.807) is 6.92 Å². The van der Waals surface area contributed by atoms with Crippen molar-refractivity contribution < 1.29 is 22.3 Å². The van der Waals surface area contributed by atoms with E-state index in [0.29, 0.717) is 0 Å². The first-order valence-electron chi connectivity index (χ1n) is 6.00. The highest BCUT2D eigenvalue weighted by atomic mass is 32.2. The summed E-state index contributed by atoms with van der Waals surface area (Å²) < 4.78 is 43.8. The second-order valence-electron chi connectivity index (χ2n) is 4.03. The largest absolute Gasteiger partial charge is 0.466 e. The molecule has 0 atom stereocenters. The van der Waals surface area contributed by atoms with Gasteiger partial charge in [0, 0.05) is 11.3 Å². The number of halogens is 1. The standard InChI is InChI=1S/C12H15FN2O4S2/c1-2-19-11(16)5-6-21(17,18)15-8-3-4-10(13)9(7-8)12(14)20/h3-4,7,15H,2,5-6H2,1H3,(H2,14,20). The number of carbonyl (C=O) groups excluding carboxylic acids is 1. The number of ether oxygens (including phenoxy) is 1. The highest BCUT2D eigenvalue weighted by Gasteiger charge is 2.15. The normalized spacial score (nSPS) is 11.0. The number of sulfonamides is 1. The Balaban J connectivity index is 2.78. The Morgan fingerprint density at radius 2 is 2.14 bits per heavy atom. The van der Waals surface area contributed by atoms with Gasteiger partial charge in [0.2, 0.25) is 10.0 Å². The van der Waals surface area contributed by atoms with Gasteiger partial charge in [0.25, 0.3) is 0 Å². The number of hydrogen-bond donors (Lipinski definition) is 2. The number of esters is 1. The van der Waals surface area contributed by atoms with E-state index >= 15 is 0 Å². The van der Waals surface area contributed by atoms with Gasteiger partial charge in [0.15, 0.2) is 0 Å². The van der Waals surface area contributed by atoms with Crippen LogP contribution in [0.1, 0.15) is 18.9 Å². The molecule has 0 unspecified atom stereocenters. The molecule has 0 aromatic heterocycles. The number of anilines is 1. The Morgan fingerprint density at radius 1 is 1.48 bits per heavy atom. The number of nitrogens with two attached hydrogens (primary N) is 1. The molecule has 1 rings (SSSR count). The second-order valence-corrected chi connectivity index (χ2v) is 6.32. The van der Waals surface area contributed by atoms with Gasteiger partial charge in [-0.2, -0.15) is 0 Å². The van der Waals surface area contributed by atoms with Crippen molar-refractivity contribution in [3.05, 3.63) is 29.6 Å². The van der Waals surface area contributed by atoms with Gasteiger partial charge in [-0.15, -0.1) is 0 Å². The topological polar surface area (TPSA) is 98.5 Å². The van der Waals surface area contributed by atoms with E-state index < -0.39 is 27.6 Å². The summed E-state index contributed by atoms with van der Waals surface area (Å²) >= 11 is 4.66. The van der Waals surface area contributed by atoms with Gasteiger partial charge in [0.1, 0.15) is 10.8 Å². The van der Waals surface area contributed by atoms with Gasteiger partial charge in [-0.25, -0.2) is 12.8 Å². The van der Waals surface area contributed by atoms with Crippen molar-refractivity contribution in [2.24, 2.45) is 5.73 Å². The van der Waals surface area contributed by atoms with E-state index in [4.69, 9.17) is 5.73 Å². The van der Waals surface area contributed by atoms with E-state index in [-0.39, 0.29) is 29.3 Å². The molecule has 1 aromatic carbocycles. The molecule has 3 N–H and O–H groups in total. The number of benzene rings is 1. The zero-order chi connectivity index (χ0) is 16.0. The van der Waals surface area contributed by atoms with Crippen LogP contribution >= 0.6 is 12.2 Å². The lowest BCUT2D eigenvalue weighted by molar-refractivity contribution is -0.142. The number of rotatable bonds is 7. The Bertz CT molecular complexity index is 647. The van der Waals surface area contributed by atoms with Gasteiger partial charge in [-0.1, -0.05) is 12.2 Å². The van der Waals surface area contributed by atoms with Gasteiger partial charge in [-0.3, -0.25) is 9.52 Å². The van der Waals surface area contributed by atoms with E-state index in [2.05, 4.69) is 21.7 Å². The third kappa shape index (κ3) is 5.64. The molecular weight excluding hydrogens is 319 g/mol. The predicted molar refractivity (Wildman–Crippen MR) is 80.9 cm³/mol. The second kappa shape index (κ2) is 7.32. The minimum Gasteiger partial charge on any atom is -0.466 e. The van der Waals surface area contributed by atoms with Crippen LogP contribution in [0.15, 0.2) is 18.2 Å². The van der Waals surface area contributed by atoms with Crippen molar-refractivity contribution in [2.45, 2.75) is 13.3 Å². The quantitative estimate of drug-likeness (QED) is 0.573. The zero-order valence-electron chi connectivity index (χ0n) is 11.3. The highest BCUT2D eigenvalue weighted by molar-refractivity contribution is 7.92. The third-order valence-corrected chi connectivity index (χ3v) is 3.89.